The van der Waals surface area contributed by atoms with Crippen molar-refractivity contribution in [2.75, 3.05) is 13.2 Å². The van der Waals surface area contributed by atoms with Gasteiger partial charge in [-0.3, -0.25) is 14.6 Å². The van der Waals surface area contributed by atoms with Crippen LogP contribution in [0, 0.1) is 6.92 Å². The highest BCUT2D eigenvalue weighted by Crippen LogP contribution is 2.05. The molecule has 1 aromatic heterocycles. The Balaban J connectivity index is 2.49. The number of hydrogen-bond donors (Lipinski definition) is 0. The number of Topliss-reactive ketones (excluding diaryl/α,β-unsaturated/α-hetero) is 2. The summed E-state index contributed by atoms with van der Waals surface area (Å²) in [5.74, 6) is -0.411. The number of rotatable bonds is 7. The normalized spacial score (nSPS) is 10.2. The SMILES string of the molecule is CCOCCC(=O)CC(=O)c1nccnc1C. The van der Waals surface area contributed by atoms with Gasteiger partial charge in [0.15, 0.2) is 5.78 Å². The standard InChI is InChI=1S/C12H16N2O3/c1-3-17-7-4-10(15)8-11(16)12-9(2)13-5-6-14-12/h5-6H,3-4,7-8H2,1-2H3. The zero-order valence-corrected chi connectivity index (χ0v) is 10.1. The molecule has 0 spiro atoms. The van der Waals surface area contributed by atoms with Crippen molar-refractivity contribution >= 4 is 11.6 Å². The fourth-order valence-electron chi connectivity index (χ4n) is 1.36. The summed E-state index contributed by atoms with van der Waals surface area (Å²) in [6.07, 6.45) is 3.10. The maximum atomic E-state index is 11.7. The van der Waals surface area contributed by atoms with E-state index in [1.54, 1.807) is 6.92 Å². The van der Waals surface area contributed by atoms with E-state index in [0.29, 0.717) is 18.9 Å². The van der Waals surface area contributed by atoms with Gasteiger partial charge >= 0.3 is 0 Å². The Morgan fingerprint density at radius 1 is 1.29 bits per heavy atom. The summed E-state index contributed by atoms with van der Waals surface area (Å²) in [7, 11) is 0. The number of nitrogens with zero attached hydrogens (tertiary/aromatic N) is 2. The van der Waals surface area contributed by atoms with E-state index in [-0.39, 0.29) is 30.1 Å². The first-order valence-corrected chi connectivity index (χ1v) is 5.55. The smallest absolute Gasteiger partial charge is 0.190 e. The molecular weight excluding hydrogens is 220 g/mol. The van der Waals surface area contributed by atoms with Crippen LogP contribution in [0.3, 0.4) is 0 Å². The molecule has 1 heterocycles. The van der Waals surface area contributed by atoms with Gasteiger partial charge in [0.25, 0.3) is 0 Å². The van der Waals surface area contributed by atoms with Crippen LogP contribution < -0.4 is 0 Å². The van der Waals surface area contributed by atoms with E-state index >= 15 is 0 Å². The molecule has 0 saturated heterocycles. The lowest BCUT2D eigenvalue weighted by atomic mass is 10.1. The number of ether oxygens (including phenoxy) is 1. The Morgan fingerprint density at radius 2 is 2.00 bits per heavy atom. The first kappa shape index (κ1) is 13.4. The zero-order valence-electron chi connectivity index (χ0n) is 10.1. The summed E-state index contributed by atoms with van der Waals surface area (Å²) in [6.45, 7) is 4.50. The van der Waals surface area contributed by atoms with Crippen LogP contribution in [0.1, 0.15) is 35.9 Å². The Hall–Kier alpha value is -1.62. The summed E-state index contributed by atoms with van der Waals surface area (Å²) in [4.78, 5) is 31.1. The molecule has 5 heteroatoms. The van der Waals surface area contributed by atoms with Gasteiger partial charge in [0.1, 0.15) is 11.5 Å². The van der Waals surface area contributed by atoms with E-state index in [4.69, 9.17) is 4.74 Å². The van der Waals surface area contributed by atoms with Crippen molar-refractivity contribution in [1.82, 2.24) is 9.97 Å². The fourth-order valence-corrected chi connectivity index (χ4v) is 1.36. The van der Waals surface area contributed by atoms with Crippen molar-refractivity contribution in [3.05, 3.63) is 23.8 Å². The molecule has 1 rings (SSSR count). The van der Waals surface area contributed by atoms with E-state index < -0.39 is 0 Å². The highest BCUT2D eigenvalue weighted by molar-refractivity contribution is 6.07. The second-order valence-electron chi connectivity index (χ2n) is 3.58. The first-order chi connectivity index (χ1) is 8.15. The van der Waals surface area contributed by atoms with Crippen LogP contribution in [0.2, 0.25) is 0 Å². The van der Waals surface area contributed by atoms with Crippen LogP contribution in [0.25, 0.3) is 0 Å². The van der Waals surface area contributed by atoms with Crippen molar-refractivity contribution in [2.24, 2.45) is 0 Å². The molecule has 0 saturated carbocycles. The highest BCUT2D eigenvalue weighted by atomic mass is 16.5. The second-order valence-corrected chi connectivity index (χ2v) is 3.58. The molecule has 0 aromatic carbocycles. The predicted octanol–water partition coefficient (Wildman–Crippen LogP) is 1.35. The summed E-state index contributed by atoms with van der Waals surface area (Å²) in [5, 5.41) is 0. The third-order valence-corrected chi connectivity index (χ3v) is 2.23. The predicted molar refractivity (Wildman–Crippen MR) is 61.8 cm³/mol. The molecule has 0 aliphatic rings. The summed E-state index contributed by atoms with van der Waals surface area (Å²) >= 11 is 0. The van der Waals surface area contributed by atoms with Crippen LogP contribution in [-0.2, 0) is 9.53 Å². The topological polar surface area (TPSA) is 69.2 Å². The van der Waals surface area contributed by atoms with Crippen LogP contribution in [0.15, 0.2) is 12.4 Å². The monoisotopic (exact) mass is 236 g/mol. The van der Waals surface area contributed by atoms with Crippen LogP contribution >= 0.6 is 0 Å². The molecule has 0 N–H and O–H groups in total. The van der Waals surface area contributed by atoms with Crippen molar-refractivity contribution in [3.63, 3.8) is 0 Å². The molecule has 1 aromatic rings. The number of hydrogen-bond acceptors (Lipinski definition) is 5. The van der Waals surface area contributed by atoms with Crippen molar-refractivity contribution in [1.29, 1.82) is 0 Å². The van der Waals surface area contributed by atoms with Gasteiger partial charge in [0.05, 0.1) is 18.7 Å². The van der Waals surface area contributed by atoms with Crippen LogP contribution in [-0.4, -0.2) is 34.7 Å². The molecule has 0 radical (unpaired) electrons. The Labute approximate surface area is 100 Å². The average molecular weight is 236 g/mol. The maximum absolute atomic E-state index is 11.7. The summed E-state index contributed by atoms with van der Waals surface area (Å²) < 4.78 is 5.06. The minimum Gasteiger partial charge on any atom is -0.381 e. The average Bonchev–Trinajstić information content (AvgIpc) is 2.29. The van der Waals surface area contributed by atoms with Gasteiger partial charge in [-0.15, -0.1) is 0 Å². The van der Waals surface area contributed by atoms with Crippen molar-refractivity contribution in [2.45, 2.75) is 26.7 Å². The van der Waals surface area contributed by atoms with Gasteiger partial charge in [-0.2, -0.15) is 0 Å². The molecule has 17 heavy (non-hydrogen) atoms. The minimum atomic E-state index is -0.280. The van der Waals surface area contributed by atoms with E-state index in [1.807, 2.05) is 6.92 Å². The fraction of sp³-hybridized carbons (Fsp3) is 0.500. The molecule has 92 valence electrons. The van der Waals surface area contributed by atoms with E-state index in [2.05, 4.69) is 9.97 Å². The van der Waals surface area contributed by atoms with Crippen LogP contribution in [0.4, 0.5) is 0 Å². The molecule has 0 aliphatic heterocycles. The van der Waals surface area contributed by atoms with E-state index in [9.17, 15) is 9.59 Å². The number of aryl methyl sites for hydroxylation is 1. The van der Waals surface area contributed by atoms with Crippen molar-refractivity contribution < 1.29 is 14.3 Å². The molecule has 5 nitrogen and oxygen atoms in total. The van der Waals surface area contributed by atoms with Gasteiger partial charge in [-0.1, -0.05) is 0 Å². The lowest BCUT2D eigenvalue weighted by Crippen LogP contribution is -2.13. The number of ketones is 2. The van der Waals surface area contributed by atoms with Crippen molar-refractivity contribution in [3.8, 4) is 0 Å². The van der Waals surface area contributed by atoms with Gasteiger partial charge < -0.3 is 4.74 Å². The van der Waals surface area contributed by atoms with E-state index in [1.165, 1.54) is 12.4 Å². The van der Waals surface area contributed by atoms with Gasteiger partial charge in [-0.05, 0) is 13.8 Å². The Bertz CT molecular complexity index is 404. The number of carbonyl (C=O) groups is 2. The summed E-state index contributed by atoms with van der Waals surface area (Å²) in [6, 6.07) is 0. The van der Waals surface area contributed by atoms with Gasteiger partial charge in [-0.25, -0.2) is 4.98 Å². The lowest BCUT2D eigenvalue weighted by Gasteiger charge is -2.02. The molecule has 0 bridgehead atoms. The Kier molecular flexibility index (Phi) is 5.42. The van der Waals surface area contributed by atoms with Crippen LogP contribution in [0.5, 0.6) is 0 Å². The molecule has 0 aliphatic carbocycles. The largest absolute Gasteiger partial charge is 0.381 e. The molecule has 0 atom stereocenters. The van der Waals surface area contributed by atoms with Gasteiger partial charge in [0.2, 0.25) is 0 Å². The molecule has 0 amide bonds. The second kappa shape index (κ2) is 6.85. The maximum Gasteiger partial charge on any atom is 0.190 e. The molecular formula is C12H16N2O3. The number of aromatic nitrogens is 2. The quantitative estimate of drug-likeness (QED) is 0.406. The summed E-state index contributed by atoms with van der Waals surface area (Å²) in [5.41, 5.74) is 0.826. The van der Waals surface area contributed by atoms with E-state index in [0.717, 1.165) is 0 Å². The third-order valence-electron chi connectivity index (χ3n) is 2.23. The number of carbonyl (C=O) groups excluding carboxylic acids is 2. The molecule has 0 fully saturated rings. The lowest BCUT2D eigenvalue weighted by molar-refractivity contribution is -0.119. The van der Waals surface area contributed by atoms with Gasteiger partial charge in [0, 0.05) is 25.4 Å². The minimum absolute atomic E-state index is 0.131. The zero-order chi connectivity index (χ0) is 12.7. The first-order valence-electron chi connectivity index (χ1n) is 5.55. The Morgan fingerprint density at radius 3 is 2.65 bits per heavy atom. The highest BCUT2D eigenvalue weighted by Gasteiger charge is 2.15. The third kappa shape index (κ3) is 4.40. The molecule has 0 unspecified atom stereocenters.